The molecule has 2 aromatic rings. The number of phenols is 2. The van der Waals surface area contributed by atoms with Crippen LogP contribution < -0.4 is 0 Å². The van der Waals surface area contributed by atoms with Gasteiger partial charge in [-0.25, -0.2) is 0 Å². The van der Waals surface area contributed by atoms with E-state index in [1.807, 2.05) is 0 Å². The number of carbonyl (C=O) groups is 4. The number of carboxylic acids is 2. The smallest absolute Gasteiger partial charge is 0.318 e. The minimum atomic E-state index is -2.18. The minimum absolute atomic E-state index is 0.0977. The van der Waals surface area contributed by atoms with Gasteiger partial charge in [-0.15, -0.1) is 0 Å². The molecule has 4 N–H and O–H groups in total. The summed E-state index contributed by atoms with van der Waals surface area (Å²) in [7, 11) is 0. The minimum Gasteiger partial charge on any atom is -0.508 e. The fourth-order valence-corrected chi connectivity index (χ4v) is 3.16. The summed E-state index contributed by atoms with van der Waals surface area (Å²) in [6.07, 6.45) is 0. The van der Waals surface area contributed by atoms with E-state index in [-0.39, 0.29) is 16.9 Å². The summed E-state index contributed by atoms with van der Waals surface area (Å²) in [5.41, 5.74) is -0.141. The summed E-state index contributed by atoms with van der Waals surface area (Å²) in [5, 5.41) is 38.6. The van der Waals surface area contributed by atoms with Crippen molar-refractivity contribution >= 4 is 23.5 Å². The first-order valence-electron chi connectivity index (χ1n) is 8.22. The predicted octanol–water partition coefficient (Wildman–Crippen LogP) is 2.05. The highest BCUT2D eigenvalue weighted by atomic mass is 16.4. The van der Waals surface area contributed by atoms with Crippen LogP contribution in [-0.2, 0) is 14.4 Å². The van der Waals surface area contributed by atoms with Crippen LogP contribution in [0.5, 0.6) is 11.5 Å². The van der Waals surface area contributed by atoms with Gasteiger partial charge in [-0.3, -0.25) is 19.2 Å². The monoisotopic (exact) mass is 386 g/mol. The van der Waals surface area contributed by atoms with Crippen LogP contribution in [0.4, 0.5) is 0 Å². The number of aliphatic carboxylic acids is 2. The molecule has 0 aromatic heterocycles. The average Bonchev–Trinajstić information content (AvgIpc) is 2.61. The first kappa shape index (κ1) is 20.6. The summed E-state index contributed by atoms with van der Waals surface area (Å²) >= 11 is 0. The molecule has 0 aliphatic heterocycles. The number of benzene rings is 2. The third kappa shape index (κ3) is 4.17. The zero-order valence-electron chi connectivity index (χ0n) is 14.8. The molecule has 0 saturated heterocycles. The second-order valence-electron chi connectivity index (χ2n) is 6.24. The van der Waals surface area contributed by atoms with E-state index in [9.17, 15) is 39.6 Å². The summed E-state index contributed by atoms with van der Waals surface area (Å²) in [6.45, 7) is 1.05. The molecule has 8 nitrogen and oxygen atoms in total. The molecule has 0 fully saturated rings. The molecule has 0 heterocycles. The van der Waals surface area contributed by atoms with E-state index in [1.165, 1.54) is 12.1 Å². The van der Waals surface area contributed by atoms with Crippen LogP contribution in [-0.4, -0.2) is 43.9 Å². The molecule has 2 atom stereocenters. The van der Waals surface area contributed by atoms with E-state index in [1.54, 1.807) is 18.2 Å². The number of ketones is 2. The SMILES string of the molecule is CC(=O)C(C(=O)c1ccccc1)C(c1ccc(O)cc1O)C(C(=O)O)C(=O)O. The Labute approximate surface area is 159 Å². The molecule has 28 heavy (non-hydrogen) atoms. The van der Waals surface area contributed by atoms with Gasteiger partial charge in [-0.05, 0) is 18.6 Å². The van der Waals surface area contributed by atoms with Gasteiger partial charge in [0.05, 0.1) is 5.92 Å². The largest absolute Gasteiger partial charge is 0.508 e. The van der Waals surface area contributed by atoms with Gasteiger partial charge < -0.3 is 20.4 Å². The van der Waals surface area contributed by atoms with Crippen molar-refractivity contribution in [2.45, 2.75) is 12.8 Å². The average molecular weight is 386 g/mol. The Morgan fingerprint density at radius 1 is 0.821 bits per heavy atom. The van der Waals surface area contributed by atoms with Crippen LogP contribution in [0, 0.1) is 11.8 Å². The summed E-state index contributed by atoms with van der Waals surface area (Å²) in [4.78, 5) is 48.7. The molecule has 0 bridgehead atoms. The highest BCUT2D eigenvalue weighted by molar-refractivity contribution is 6.12. The maximum absolute atomic E-state index is 13.0. The van der Waals surface area contributed by atoms with Crippen molar-refractivity contribution in [1.29, 1.82) is 0 Å². The van der Waals surface area contributed by atoms with E-state index < -0.39 is 47.0 Å². The molecule has 2 rings (SSSR count). The maximum Gasteiger partial charge on any atom is 0.318 e. The van der Waals surface area contributed by atoms with Crippen LogP contribution in [0.3, 0.4) is 0 Å². The number of phenolic OH excluding ortho intramolecular Hbond substituents is 2. The summed E-state index contributed by atoms with van der Waals surface area (Å²) < 4.78 is 0. The molecule has 0 aliphatic carbocycles. The van der Waals surface area contributed by atoms with Gasteiger partial charge in [0.2, 0.25) is 0 Å². The van der Waals surface area contributed by atoms with E-state index in [0.29, 0.717) is 0 Å². The Morgan fingerprint density at radius 3 is 1.86 bits per heavy atom. The fourth-order valence-electron chi connectivity index (χ4n) is 3.16. The maximum atomic E-state index is 13.0. The molecular weight excluding hydrogens is 368 g/mol. The van der Waals surface area contributed by atoms with E-state index in [4.69, 9.17) is 0 Å². The van der Waals surface area contributed by atoms with Gasteiger partial charge in [0, 0.05) is 17.5 Å². The highest BCUT2D eigenvalue weighted by Gasteiger charge is 2.46. The van der Waals surface area contributed by atoms with Gasteiger partial charge >= 0.3 is 11.9 Å². The molecular formula is C20H18O8. The molecule has 8 heteroatoms. The van der Waals surface area contributed by atoms with Gasteiger partial charge in [-0.1, -0.05) is 36.4 Å². The zero-order valence-corrected chi connectivity index (χ0v) is 14.8. The van der Waals surface area contributed by atoms with Crippen molar-refractivity contribution in [2.75, 3.05) is 0 Å². The summed E-state index contributed by atoms with van der Waals surface area (Å²) in [5.74, 6) is -11.6. The Kier molecular flexibility index (Phi) is 6.15. The van der Waals surface area contributed by atoms with E-state index >= 15 is 0 Å². The molecule has 0 amide bonds. The van der Waals surface area contributed by atoms with Crippen molar-refractivity contribution < 1.29 is 39.6 Å². The Hall–Kier alpha value is -3.68. The Balaban J connectivity index is 2.73. The van der Waals surface area contributed by atoms with Crippen LogP contribution in [0.15, 0.2) is 48.5 Å². The Bertz CT molecular complexity index is 905. The lowest BCUT2D eigenvalue weighted by Gasteiger charge is -2.28. The third-order valence-electron chi connectivity index (χ3n) is 4.40. The van der Waals surface area contributed by atoms with Crippen LogP contribution in [0.25, 0.3) is 0 Å². The molecule has 0 saturated carbocycles. The lowest BCUT2D eigenvalue weighted by molar-refractivity contribution is -0.156. The first-order chi connectivity index (χ1) is 13.1. The number of hydrogen-bond acceptors (Lipinski definition) is 6. The van der Waals surface area contributed by atoms with Crippen molar-refractivity contribution in [1.82, 2.24) is 0 Å². The molecule has 0 spiro atoms. The van der Waals surface area contributed by atoms with Crippen molar-refractivity contribution in [2.24, 2.45) is 11.8 Å². The number of aromatic hydroxyl groups is 2. The van der Waals surface area contributed by atoms with Crippen molar-refractivity contribution in [3.05, 3.63) is 59.7 Å². The normalized spacial score (nSPS) is 12.9. The Morgan fingerprint density at radius 2 is 1.39 bits per heavy atom. The van der Waals surface area contributed by atoms with E-state index in [2.05, 4.69) is 0 Å². The quantitative estimate of drug-likeness (QED) is 0.398. The van der Waals surface area contributed by atoms with Crippen molar-refractivity contribution in [3.63, 3.8) is 0 Å². The van der Waals surface area contributed by atoms with Gasteiger partial charge in [0.15, 0.2) is 11.7 Å². The highest BCUT2D eigenvalue weighted by Crippen LogP contribution is 2.41. The molecule has 146 valence electrons. The van der Waals surface area contributed by atoms with E-state index in [0.717, 1.165) is 25.1 Å². The number of rotatable bonds is 8. The van der Waals surface area contributed by atoms with Gasteiger partial charge in [-0.2, -0.15) is 0 Å². The lowest BCUT2D eigenvalue weighted by Crippen LogP contribution is -2.39. The second kappa shape index (κ2) is 8.34. The third-order valence-corrected chi connectivity index (χ3v) is 4.40. The predicted molar refractivity (Wildman–Crippen MR) is 96.2 cm³/mol. The lowest BCUT2D eigenvalue weighted by atomic mass is 9.72. The van der Waals surface area contributed by atoms with Crippen LogP contribution in [0.2, 0.25) is 0 Å². The second-order valence-corrected chi connectivity index (χ2v) is 6.24. The molecule has 2 aromatic carbocycles. The van der Waals surface area contributed by atoms with Crippen molar-refractivity contribution in [3.8, 4) is 11.5 Å². The molecule has 0 radical (unpaired) electrons. The number of Topliss-reactive ketones (excluding diaryl/α,β-unsaturated/α-hetero) is 2. The molecule has 2 unspecified atom stereocenters. The molecule has 0 aliphatic rings. The standard InChI is InChI=1S/C20H18O8/c1-10(21)15(18(24)11-5-3-2-4-6-11)16(17(19(25)26)20(27)28)13-8-7-12(22)9-14(13)23/h2-9,15-17,22-23H,1H3,(H,25,26)(H,27,28). The number of hydrogen-bond donors (Lipinski definition) is 4. The summed E-state index contributed by atoms with van der Waals surface area (Å²) in [6, 6.07) is 10.7. The topological polar surface area (TPSA) is 149 Å². The van der Waals surface area contributed by atoms with Gasteiger partial charge in [0.25, 0.3) is 0 Å². The van der Waals surface area contributed by atoms with Gasteiger partial charge in [0.1, 0.15) is 17.3 Å². The zero-order chi connectivity index (χ0) is 21.0. The number of carbonyl (C=O) groups excluding carboxylic acids is 2. The van der Waals surface area contributed by atoms with Crippen LogP contribution in [0.1, 0.15) is 28.8 Å². The van der Waals surface area contributed by atoms with Crippen LogP contribution >= 0.6 is 0 Å². The number of carboxylic acid groups (broad SMARTS) is 2. The first-order valence-corrected chi connectivity index (χ1v) is 8.22. The fraction of sp³-hybridized carbons (Fsp3) is 0.200.